The zero-order valence-corrected chi connectivity index (χ0v) is 11.7. The van der Waals surface area contributed by atoms with Crippen molar-refractivity contribution in [2.24, 2.45) is 5.14 Å². The first-order valence-electron chi connectivity index (χ1n) is 6.34. The van der Waals surface area contributed by atoms with Gasteiger partial charge in [-0.1, -0.05) is 38.3 Å². The van der Waals surface area contributed by atoms with Crippen LogP contribution in [-0.2, 0) is 15.8 Å². The molecule has 0 atom stereocenters. The van der Waals surface area contributed by atoms with Crippen molar-refractivity contribution in [1.29, 1.82) is 0 Å². The van der Waals surface area contributed by atoms with Crippen LogP contribution in [0.1, 0.15) is 38.2 Å². The Morgan fingerprint density at radius 2 is 1.78 bits per heavy atom. The second kappa shape index (κ2) is 7.38. The van der Waals surface area contributed by atoms with Crippen LogP contribution in [0.5, 0.6) is 0 Å². The monoisotopic (exact) mass is 270 g/mol. The minimum atomic E-state index is -3.44. The molecule has 0 radical (unpaired) electrons. The molecule has 5 heteroatoms. The third-order valence-corrected chi connectivity index (χ3v) is 3.42. The molecule has 1 rings (SSSR count). The Labute approximate surface area is 110 Å². The lowest BCUT2D eigenvalue weighted by molar-refractivity contribution is 0.597. The Morgan fingerprint density at radius 3 is 2.33 bits per heavy atom. The summed E-state index contributed by atoms with van der Waals surface area (Å²) in [5.74, 6) is -0.107. The van der Waals surface area contributed by atoms with E-state index in [0.29, 0.717) is 5.56 Å². The van der Waals surface area contributed by atoms with Crippen molar-refractivity contribution >= 4 is 15.7 Å². The van der Waals surface area contributed by atoms with E-state index >= 15 is 0 Å². The summed E-state index contributed by atoms with van der Waals surface area (Å²) in [6, 6.07) is 7.36. The smallest absolute Gasteiger partial charge is 0.213 e. The van der Waals surface area contributed by atoms with E-state index in [1.807, 2.05) is 12.1 Å². The van der Waals surface area contributed by atoms with Crippen LogP contribution in [0.25, 0.3) is 0 Å². The maximum atomic E-state index is 10.9. The average molecular weight is 270 g/mol. The summed E-state index contributed by atoms with van der Waals surface area (Å²) >= 11 is 0. The highest BCUT2D eigenvalue weighted by Crippen LogP contribution is 2.11. The highest BCUT2D eigenvalue weighted by Gasteiger charge is 2.04. The Balaban J connectivity index is 2.36. The normalized spacial score (nSPS) is 11.4. The Bertz CT molecular complexity index is 441. The zero-order chi connectivity index (χ0) is 13.4. The maximum absolute atomic E-state index is 10.9. The summed E-state index contributed by atoms with van der Waals surface area (Å²) in [5.41, 5.74) is 1.73. The van der Waals surface area contributed by atoms with Gasteiger partial charge < -0.3 is 5.32 Å². The molecule has 0 saturated heterocycles. The molecule has 0 unspecified atom stereocenters. The summed E-state index contributed by atoms with van der Waals surface area (Å²) in [6.45, 7) is 3.15. The van der Waals surface area contributed by atoms with Gasteiger partial charge in [0.2, 0.25) is 10.0 Å². The van der Waals surface area contributed by atoms with Crippen molar-refractivity contribution in [2.45, 2.75) is 38.4 Å². The third-order valence-electron chi connectivity index (χ3n) is 2.68. The van der Waals surface area contributed by atoms with Crippen LogP contribution in [0, 0.1) is 0 Å². The number of primary sulfonamides is 1. The molecule has 0 aliphatic carbocycles. The molecule has 0 aromatic heterocycles. The lowest BCUT2D eigenvalue weighted by Crippen LogP contribution is -2.14. The highest BCUT2D eigenvalue weighted by molar-refractivity contribution is 7.88. The van der Waals surface area contributed by atoms with Crippen molar-refractivity contribution in [3.05, 3.63) is 29.8 Å². The fourth-order valence-corrected chi connectivity index (χ4v) is 2.39. The van der Waals surface area contributed by atoms with Crippen LogP contribution >= 0.6 is 0 Å². The number of anilines is 1. The number of nitrogens with two attached hydrogens (primary N) is 1. The quantitative estimate of drug-likeness (QED) is 0.713. The number of benzene rings is 1. The molecule has 1 aromatic rings. The minimum absolute atomic E-state index is 0.107. The molecule has 0 fully saturated rings. The number of rotatable bonds is 8. The van der Waals surface area contributed by atoms with Gasteiger partial charge in [-0.3, -0.25) is 0 Å². The SMILES string of the molecule is CCCCCCNc1ccc(CS(N)(=O)=O)cc1. The van der Waals surface area contributed by atoms with Crippen molar-refractivity contribution in [3.8, 4) is 0 Å². The largest absolute Gasteiger partial charge is 0.385 e. The van der Waals surface area contributed by atoms with Crippen LogP contribution in [0.4, 0.5) is 5.69 Å². The van der Waals surface area contributed by atoms with Gasteiger partial charge in [-0.05, 0) is 24.1 Å². The van der Waals surface area contributed by atoms with E-state index in [4.69, 9.17) is 5.14 Å². The first-order valence-corrected chi connectivity index (χ1v) is 8.06. The standard InChI is InChI=1S/C13H22N2O2S/c1-2-3-4-5-10-15-13-8-6-12(7-9-13)11-18(14,16)17/h6-9,15H,2-5,10-11H2,1H3,(H2,14,16,17). The molecule has 18 heavy (non-hydrogen) atoms. The third kappa shape index (κ3) is 6.61. The number of nitrogens with one attached hydrogen (secondary N) is 1. The first-order chi connectivity index (χ1) is 8.51. The summed E-state index contributed by atoms with van der Waals surface area (Å²) < 4.78 is 21.8. The van der Waals surface area contributed by atoms with Gasteiger partial charge in [0.05, 0.1) is 5.75 Å². The molecule has 0 aliphatic rings. The molecule has 0 bridgehead atoms. The van der Waals surface area contributed by atoms with E-state index in [2.05, 4.69) is 12.2 Å². The summed E-state index contributed by atoms with van der Waals surface area (Å²) in [7, 11) is -3.44. The fraction of sp³-hybridized carbons (Fsp3) is 0.538. The van der Waals surface area contributed by atoms with Gasteiger partial charge in [-0.15, -0.1) is 0 Å². The molecule has 0 spiro atoms. The van der Waals surface area contributed by atoms with Crippen LogP contribution in [-0.4, -0.2) is 15.0 Å². The molecular formula is C13H22N2O2S. The molecule has 1 aromatic carbocycles. The molecule has 0 heterocycles. The van der Waals surface area contributed by atoms with E-state index in [1.54, 1.807) is 12.1 Å². The lowest BCUT2D eigenvalue weighted by Gasteiger charge is -2.07. The second-order valence-corrected chi connectivity index (χ2v) is 6.11. The second-order valence-electron chi connectivity index (χ2n) is 4.49. The first kappa shape index (κ1) is 15.0. The predicted octanol–water partition coefficient (Wildman–Crippen LogP) is 2.47. The Hall–Kier alpha value is -1.07. The average Bonchev–Trinajstić information content (AvgIpc) is 2.29. The van der Waals surface area contributed by atoms with Crippen molar-refractivity contribution in [1.82, 2.24) is 0 Å². The van der Waals surface area contributed by atoms with Gasteiger partial charge in [0.15, 0.2) is 0 Å². The topological polar surface area (TPSA) is 72.2 Å². The van der Waals surface area contributed by atoms with Crippen LogP contribution < -0.4 is 10.5 Å². The molecule has 0 amide bonds. The number of unbranched alkanes of at least 4 members (excludes halogenated alkanes) is 3. The maximum Gasteiger partial charge on any atom is 0.213 e. The molecule has 0 aliphatic heterocycles. The summed E-state index contributed by atoms with van der Waals surface area (Å²) in [5, 5.41) is 8.30. The Morgan fingerprint density at radius 1 is 1.11 bits per heavy atom. The van der Waals surface area contributed by atoms with Crippen molar-refractivity contribution in [2.75, 3.05) is 11.9 Å². The van der Waals surface area contributed by atoms with Gasteiger partial charge in [0, 0.05) is 12.2 Å². The van der Waals surface area contributed by atoms with Crippen LogP contribution in [0.3, 0.4) is 0 Å². The minimum Gasteiger partial charge on any atom is -0.385 e. The summed E-state index contributed by atoms with van der Waals surface area (Å²) in [4.78, 5) is 0. The molecule has 0 saturated carbocycles. The van der Waals surface area contributed by atoms with Crippen molar-refractivity contribution in [3.63, 3.8) is 0 Å². The highest BCUT2D eigenvalue weighted by atomic mass is 32.2. The molecular weight excluding hydrogens is 248 g/mol. The molecule has 3 N–H and O–H groups in total. The van der Waals surface area contributed by atoms with Crippen LogP contribution in [0.2, 0.25) is 0 Å². The number of hydrogen-bond acceptors (Lipinski definition) is 3. The fourth-order valence-electron chi connectivity index (χ4n) is 1.74. The predicted molar refractivity (Wildman–Crippen MR) is 75.9 cm³/mol. The van der Waals surface area contributed by atoms with Gasteiger partial charge in [-0.2, -0.15) is 0 Å². The molecule has 4 nitrogen and oxygen atoms in total. The van der Waals surface area contributed by atoms with Crippen molar-refractivity contribution < 1.29 is 8.42 Å². The summed E-state index contributed by atoms with van der Waals surface area (Å²) in [6.07, 6.45) is 4.91. The van der Waals surface area contributed by atoms with Crippen LogP contribution in [0.15, 0.2) is 24.3 Å². The Kier molecular flexibility index (Phi) is 6.15. The lowest BCUT2D eigenvalue weighted by atomic mass is 10.2. The zero-order valence-electron chi connectivity index (χ0n) is 10.9. The van der Waals surface area contributed by atoms with Gasteiger partial charge in [-0.25, -0.2) is 13.6 Å². The van der Waals surface area contributed by atoms with Gasteiger partial charge >= 0.3 is 0 Å². The van der Waals surface area contributed by atoms with E-state index in [-0.39, 0.29) is 5.75 Å². The van der Waals surface area contributed by atoms with Gasteiger partial charge in [0.1, 0.15) is 0 Å². The van der Waals surface area contributed by atoms with E-state index < -0.39 is 10.0 Å². The molecule has 102 valence electrons. The number of sulfonamides is 1. The van der Waals surface area contributed by atoms with E-state index in [9.17, 15) is 8.42 Å². The number of hydrogen-bond donors (Lipinski definition) is 2. The van der Waals surface area contributed by atoms with E-state index in [0.717, 1.165) is 18.7 Å². The van der Waals surface area contributed by atoms with E-state index in [1.165, 1.54) is 19.3 Å². The van der Waals surface area contributed by atoms with Gasteiger partial charge in [0.25, 0.3) is 0 Å².